The number of rotatable bonds is 3. The van der Waals surface area contributed by atoms with Gasteiger partial charge in [-0.15, -0.1) is 0 Å². The summed E-state index contributed by atoms with van der Waals surface area (Å²) in [5, 5.41) is 12.3. The van der Waals surface area contributed by atoms with Crippen LogP contribution in [0.1, 0.15) is 37.9 Å². The summed E-state index contributed by atoms with van der Waals surface area (Å²) in [6, 6.07) is 5.78. The summed E-state index contributed by atoms with van der Waals surface area (Å²) in [4.78, 5) is 28.8. The SMILES string of the molecule is O=C(O)C1CC=CCC1C(=O)Nc1ccc2c(c1)nc1n2CCCCC1. The van der Waals surface area contributed by atoms with Crippen molar-refractivity contribution < 1.29 is 14.7 Å². The number of allylic oxidation sites excluding steroid dienone is 2. The Hall–Kier alpha value is -2.63. The number of nitrogens with one attached hydrogen (secondary N) is 1. The van der Waals surface area contributed by atoms with Crippen LogP contribution in [0.5, 0.6) is 0 Å². The highest BCUT2D eigenvalue weighted by molar-refractivity contribution is 5.97. The summed E-state index contributed by atoms with van der Waals surface area (Å²) in [7, 11) is 0. The Morgan fingerprint density at radius 1 is 1.12 bits per heavy atom. The van der Waals surface area contributed by atoms with E-state index < -0.39 is 17.8 Å². The third kappa shape index (κ3) is 3.11. The van der Waals surface area contributed by atoms with Gasteiger partial charge in [0.25, 0.3) is 0 Å². The van der Waals surface area contributed by atoms with Gasteiger partial charge in [-0.3, -0.25) is 9.59 Å². The number of anilines is 1. The van der Waals surface area contributed by atoms with Crippen LogP contribution >= 0.6 is 0 Å². The second-order valence-electron chi connectivity index (χ2n) is 7.18. The fourth-order valence-electron chi connectivity index (χ4n) is 4.04. The van der Waals surface area contributed by atoms with Gasteiger partial charge < -0.3 is 15.0 Å². The van der Waals surface area contributed by atoms with Crippen LogP contribution in [-0.2, 0) is 22.6 Å². The lowest BCUT2D eigenvalue weighted by atomic mass is 9.82. The minimum atomic E-state index is -0.914. The Balaban J connectivity index is 1.56. The highest BCUT2D eigenvalue weighted by Gasteiger charge is 2.34. The van der Waals surface area contributed by atoms with E-state index in [2.05, 4.69) is 9.88 Å². The number of amides is 1. The predicted octanol–water partition coefficient (Wildman–Crippen LogP) is 3.37. The van der Waals surface area contributed by atoms with E-state index in [1.807, 2.05) is 30.4 Å². The normalized spacial score (nSPS) is 22.6. The van der Waals surface area contributed by atoms with Crippen molar-refractivity contribution in [3.05, 3.63) is 36.2 Å². The second kappa shape index (κ2) is 6.94. The zero-order valence-corrected chi connectivity index (χ0v) is 14.6. The molecule has 0 fully saturated rings. The zero-order valence-electron chi connectivity index (χ0n) is 14.6. The summed E-state index contributed by atoms with van der Waals surface area (Å²) < 4.78 is 2.28. The topological polar surface area (TPSA) is 84.2 Å². The molecule has 2 heterocycles. The van der Waals surface area contributed by atoms with Gasteiger partial charge in [0.2, 0.25) is 5.91 Å². The van der Waals surface area contributed by atoms with Crippen LogP contribution in [0.25, 0.3) is 11.0 Å². The fraction of sp³-hybridized carbons (Fsp3) is 0.450. The molecule has 2 N–H and O–H groups in total. The first kappa shape index (κ1) is 16.8. The maximum atomic E-state index is 12.6. The Morgan fingerprint density at radius 2 is 1.92 bits per heavy atom. The number of hydrogen-bond donors (Lipinski definition) is 2. The van der Waals surface area contributed by atoms with Gasteiger partial charge >= 0.3 is 5.97 Å². The highest BCUT2D eigenvalue weighted by Crippen LogP contribution is 2.28. The number of carbonyl (C=O) groups excluding carboxylic acids is 1. The minimum absolute atomic E-state index is 0.234. The van der Waals surface area contributed by atoms with Crippen LogP contribution < -0.4 is 5.32 Å². The standard InChI is InChI=1S/C20H23N3O3/c24-19(14-6-3-4-7-15(14)20(25)26)21-13-9-10-17-16(12-13)22-18-8-2-1-5-11-23(17)18/h3-4,9-10,12,14-15H,1-2,5-8,11H2,(H,21,24)(H,25,26). The number of carbonyl (C=O) groups is 2. The van der Waals surface area contributed by atoms with E-state index in [1.54, 1.807) is 0 Å². The van der Waals surface area contributed by atoms with Gasteiger partial charge in [-0.1, -0.05) is 18.6 Å². The number of carboxylic acids is 1. The fourth-order valence-corrected chi connectivity index (χ4v) is 4.04. The van der Waals surface area contributed by atoms with Crippen LogP contribution in [0.4, 0.5) is 5.69 Å². The molecule has 136 valence electrons. The Morgan fingerprint density at radius 3 is 2.73 bits per heavy atom. The van der Waals surface area contributed by atoms with Gasteiger partial charge in [-0.05, 0) is 43.9 Å². The Labute approximate surface area is 151 Å². The number of nitrogens with zero attached hydrogens (tertiary/aromatic N) is 2. The first-order valence-corrected chi connectivity index (χ1v) is 9.31. The first-order chi connectivity index (χ1) is 12.6. The van der Waals surface area contributed by atoms with Crippen molar-refractivity contribution in [1.82, 2.24) is 9.55 Å². The number of aryl methyl sites for hydroxylation is 2. The number of carboxylic acid groups (broad SMARTS) is 1. The van der Waals surface area contributed by atoms with Crippen molar-refractivity contribution in [3.63, 3.8) is 0 Å². The lowest BCUT2D eigenvalue weighted by molar-refractivity contribution is -0.146. The average Bonchev–Trinajstić information content (AvgIpc) is 2.82. The van der Waals surface area contributed by atoms with Crippen molar-refractivity contribution in [2.24, 2.45) is 11.8 Å². The molecule has 1 amide bonds. The molecule has 26 heavy (non-hydrogen) atoms. The van der Waals surface area contributed by atoms with E-state index in [0.29, 0.717) is 18.5 Å². The number of fused-ring (bicyclic) bond motifs is 3. The molecule has 0 saturated heterocycles. The molecule has 6 nitrogen and oxygen atoms in total. The van der Waals surface area contributed by atoms with E-state index in [4.69, 9.17) is 4.98 Å². The van der Waals surface area contributed by atoms with Gasteiger partial charge in [0.1, 0.15) is 5.82 Å². The lowest BCUT2D eigenvalue weighted by Crippen LogP contribution is -2.34. The molecule has 4 rings (SSSR count). The molecule has 2 aliphatic rings. The van der Waals surface area contributed by atoms with E-state index >= 15 is 0 Å². The lowest BCUT2D eigenvalue weighted by Gasteiger charge is -2.24. The third-order valence-electron chi connectivity index (χ3n) is 5.46. The summed E-state index contributed by atoms with van der Waals surface area (Å²) in [6.45, 7) is 0.992. The molecule has 0 radical (unpaired) electrons. The molecule has 2 atom stereocenters. The maximum Gasteiger partial charge on any atom is 0.307 e. The summed E-state index contributed by atoms with van der Waals surface area (Å²) in [5.74, 6) is -1.23. The monoisotopic (exact) mass is 353 g/mol. The smallest absolute Gasteiger partial charge is 0.307 e. The molecular weight excluding hydrogens is 330 g/mol. The molecule has 0 saturated carbocycles. The van der Waals surface area contributed by atoms with Crippen LogP contribution in [-0.4, -0.2) is 26.5 Å². The van der Waals surface area contributed by atoms with Crippen molar-refractivity contribution >= 4 is 28.6 Å². The molecule has 1 aromatic carbocycles. The van der Waals surface area contributed by atoms with Gasteiger partial charge in [0.05, 0.1) is 22.9 Å². The molecule has 0 spiro atoms. The Kier molecular flexibility index (Phi) is 4.49. The quantitative estimate of drug-likeness (QED) is 0.829. The van der Waals surface area contributed by atoms with E-state index in [9.17, 15) is 14.7 Å². The second-order valence-corrected chi connectivity index (χ2v) is 7.18. The molecule has 2 aromatic rings. The van der Waals surface area contributed by atoms with Crippen molar-refractivity contribution in [3.8, 4) is 0 Å². The van der Waals surface area contributed by atoms with Crippen LogP contribution in [0.15, 0.2) is 30.4 Å². The number of imidazole rings is 1. The first-order valence-electron chi connectivity index (χ1n) is 9.31. The largest absolute Gasteiger partial charge is 0.481 e. The highest BCUT2D eigenvalue weighted by atomic mass is 16.4. The summed E-state index contributed by atoms with van der Waals surface area (Å²) in [6.07, 6.45) is 9.15. The minimum Gasteiger partial charge on any atom is -0.481 e. The van der Waals surface area contributed by atoms with Crippen LogP contribution in [0, 0.1) is 11.8 Å². The molecule has 6 heteroatoms. The zero-order chi connectivity index (χ0) is 18.1. The third-order valence-corrected chi connectivity index (χ3v) is 5.46. The maximum absolute atomic E-state index is 12.6. The molecule has 1 aromatic heterocycles. The number of aromatic nitrogens is 2. The predicted molar refractivity (Wildman–Crippen MR) is 98.9 cm³/mol. The van der Waals surface area contributed by atoms with Gasteiger partial charge in [0.15, 0.2) is 0 Å². The van der Waals surface area contributed by atoms with Gasteiger partial charge in [0, 0.05) is 18.7 Å². The molecule has 2 unspecified atom stereocenters. The molecule has 0 bridgehead atoms. The summed E-state index contributed by atoms with van der Waals surface area (Å²) >= 11 is 0. The van der Waals surface area contributed by atoms with E-state index in [1.165, 1.54) is 19.3 Å². The van der Waals surface area contributed by atoms with Gasteiger partial charge in [-0.2, -0.15) is 0 Å². The van der Waals surface area contributed by atoms with Crippen molar-refractivity contribution in [2.45, 2.75) is 45.1 Å². The number of hydrogen-bond acceptors (Lipinski definition) is 3. The molecule has 1 aliphatic carbocycles. The van der Waals surface area contributed by atoms with Crippen molar-refractivity contribution in [2.75, 3.05) is 5.32 Å². The van der Waals surface area contributed by atoms with E-state index in [0.717, 1.165) is 29.8 Å². The molecule has 1 aliphatic heterocycles. The average molecular weight is 353 g/mol. The summed E-state index contributed by atoms with van der Waals surface area (Å²) in [5.41, 5.74) is 2.66. The van der Waals surface area contributed by atoms with Gasteiger partial charge in [-0.25, -0.2) is 4.98 Å². The van der Waals surface area contributed by atoms with Crippen LogP contribution in [0.3, 0.4) is 0 Å². The number of benzene rings is 1. The molecular formula is C20H23N3O3. The van der Waals surface area contributed by atoms with E-state index in [-0.39, 0.29) is 5.91 Å². The van der Waals surface area contributed by atoms with Crippen molar-refractivity contribution in [1.29, 1.82) is 0 Å². The Bertz CT molecular complexity index is 884. The van der Waals surface area contributed by atoms with Crippen LogP contribution in [0.2, 0.25) is 0 Å². The number of aliphatic carboxylic acids is 1.